The van der Waals surface area contributed by atoms with Gasteiger partial charge in [-0.3, -0.25) is 9.48 Å². The van der Waals surface area contributed by atoms with Gasteiger partial charge in [-0.1, -0.05) is 18.3 Å². The predicted octanol–water partition coefficient (Wildman–Crippen LogP) is 2.41. The maximum absolute atomic E-state index is 12.0. The van der Waals surface area contributed by atoms with Crippen molar-refractivity contribution < 1.29 is 4.79 Å². The van der Waals surface area contributed by atoms with Crippen molar-refractivity contribution in [2.75, 3.05) is 5.32 Å². The van der Waals surface area contributed by atoms with Crippen LogP contribution in [0.3, 0.4) is 0 Å². The van der Waals surface area contributed by atoms with Crippen molar-refractivity contribution >= 4 is 22.4 Å². The lowest BCUT2D eigenvalue weighted by Crippen LogP contribution is -2.12. The molecule has 6 nitrogen and oxygen atoms in total. The molecule has 7 heteroatoms. The Kier molecular flexibility index (Phi) is 5.06. The number of rotatable bonds is 6. The van der Waals surface area contributed by atoms with Crippen molar-refractivity contribution in [2.45, 2.75) is 46.5 Å². The third-order valence-electron chi connectivity index (χ3n) is 3.44. The van der Waals surface area contributed by atoms with Crippen molar-refractivity contribution in [1.82, 2.24) is 20.0 Å². The number of nitrogens with one attached hydrogen (secondary N) is 1. The zero-order valence-electron chi connectivity index (χ0n) is 12.9. The van der Waals surface area contributed by atoms with Gasteiger partial charge in [-0.05, 0) is 32.3 Å². The quantitative estimate of drug-likeness (QED) is 0.889. The fourth-order valence-electron chi connectivity index (χ4n) is 2.22. The molecule has 0 fully saturated rings. The van der Waals surface area contributed by atoms with Crippen molar-refractivity contribution in [1.29, 1.82) is 0 Å². The van der Waals surface area contributed by atoms with Crippen LogP contribution in [-0.4, -0.2) is 25.9 Å². The zero-order chi connectivity index (χ0) is 15.4. The number of amides is 1. The predicted molar refractivity (Wildman–Crippen MR) is 83.5 cm³/mol. The first-order chi connectivity index (χ1) is 10.0. The molecule has 2 aromatic rings. The summed E-state index contributed by atoms with van der Waals surface area (Å²) in [5, 5.41) is 16.8. The van der Waals surface area contributed by atoms with E-state index in [9.17, 15) is 4.79 Å². The second kappa shape index (κ2) is 6.80. The van der Waals surface area contributed by atoms with Gasteiger partial charge in [0.15, 0.2) is 0 Å². The van der Waals surface area contributed by atoms with Gasteiger partial charge in [-0.15, -0.1) is 10.2 Å². The maximum atomic E-state index is 12.0. The molecule has 0 bridgehead atoms. The van der Waals surface area contributed by atoms with Crippen LogP contribution in [0.2, 0.25) is 0 Å². The van der Waals surface area contributed by atoms with Crippen molar-refractivity contribution in [3.8, 4) is 0 Å². The normalized spacial score (nSPS) is 10.9. The molecule has 0 aliphatic carbocycles. The minimum atomic E-state index is -0.0307. The highest BCUT2D eigenvalue weighted by Crippen LogP contribution is 2.18. The highest BCUT2D eigenvalue weighted by molar-refractivity contribution is 7.15. The lowest BCUT2D eigenvalue weighted by molar-refractivity contribution is -0.116. The molecule has 0 spiro atoms. The number of nitrogens with zero attached hydrogens (tertiary/aromatic N) is 4. The molecule has 0 atom stereocenters. The van der Waals surface area contributed by atoms with E-state index in [0.717, 1.165) is 34.8 Å². The summed E-state index contributed by atoms with van der Waals surface area (Å²) >= 11 is 1.45. The molecular weight excluding hydrogens is 286 g/mol. The molecular formula is C14H21N5OS. The number of aryl methyl sites for hydroxylation is 3. The van der Waals surface area contributed by atoms with Crippen LogP contribution in [0.5, 0.6) is 0 Å². The van der Waals surface area contributed by atoms with E-state index in [1.165, 1.54) is 11.3 Å². The SMILES string of the molecule is CCCc1nnc(NC(=O)CCc2c(C)nn(C)c2C)s1. The summed E-state index contributed by atoms with van der Waals surface area (Å²) in [4.78, 5) is 12.0. The summed E-state index contributed by atoms with van der Waals surface area (Å²) in [6.07, 6.45) is 3.05. The fraction of sp³-hybridized carbons (Fsp3) is 0.571. The number of carbonyl (C=O) groups excluding carboxylic acids is 1. The number of aromatic nitrogens is 4. The van der Waals surface area contributed by atoms with Crippen LogP contribution >= 0.6 is 11.3 Å². The summed E-state index contributed by atoms with van der Waals surface area (Å²) in [6, 6.07) is 0. The topological polar surface area (TPSA) is 72.7 Å². The minimum Gasteiger partial charge on any atom is -0.301 e. The molecule has 2 heterocycles. The Labute approximate surface area is 128 Å². The summed E-state index contributed by atoms with van der Waals surface area (Å²) in [6.45, 7) is 6.09. The number of hydrogen-bond acceptors (Lipinski definition) is 5. The third-order valence-corrected chi connectivity index (χ3v) is 4.34. The van der Waals surface area contributed by atoms with Gasteiger partial charge >= 0.3 is 0 Å². The van der Waals surface area contributed by atoms with Crippen LogP contribution in [0.15, 0.2) is 0 Å². The van der Waals surface area contributed by atoms with Gasteiger partial charge in [0.1, 0.15) is 5.01 Å². The van der Waals surface area contributed by atoms with Gasteiger partial charge in [0.2, 0.25) is 11.0 Å². The molecule has 0 aliphatic rings. The average Bonchev–Trinajstić information content (AvgIpc) is 2.95. The first-order valence-corrected chi connectivity index (χ1v) is 7.94. The lowest BCUT2D eigenvalue weighted by atomic mass is 10.1. The molecule has 0 aliphatic heterocycles. The molecule has 0 saturated carbocycles. The van der Waals surface area contributed by atoms with Crippen LogP contribution in [0.25, 0.3) is 0 Å². The highest BCUT2D eigenvalue weighted by atomic mass is 32.1. The molecule has 0 radical (unpaired) electrons. The Balaban J connectivity index is 1.89. The average molecular weight is 307 g/mol. The Morgan fingerprint density at radius 3 is 2.67 bits per heavy atom. The molecule has 2 aromatic heterocycles. The largest absolute Gasteiger partial charge is 0.301 e. The first kappa shape index (κ1) is 15.6. The molecule has 0 aromatic carbocycles. The number of hydrogen-bond donors (Lipinski definition) is 1. The first-order valence-electron chi connectivity index (χ1n) is 7.12. The van der Waals surface area contributed by atoms with Crippen molar-refractivity contribution in [3.63, 3.8) is 0 Å². The van der Waals surface area contributed by atoms with Crippen molar-refractivity contribution in [2.24, 2.45) is 7.05 Å². The molecule has 1 N–H and O–H groups in total. The minimum absolute atomic E-state index is 0.0307. The second-order valence-corrected chi connectivity index (χ2v) is 6.13. The Bertz CT molecular complexity index is 631. The summed E-state index contributed by atoms with van der Waals surface area (Å²) in [5.41, 5.74) is 3.25. The van der Waals surface area contributed by atoms with E-state index in [-0.39, 0.29) is 5.91 Å². The number of anilines is 1. The van der Waals surface area contributed by atoms with E-state index in [2.05, 4.69) is 27.5 Å². The monoisotopic (exact) mass is 307 g/mol. The smallest absolute Gasteiger partial charge is 0.226 e. The molecule has 21 heavy (non-hydrogen) atoms. The Hall–Kier alpha value is -1.76. The zero-order valence-corrected chi connectivity index (χ0v) is 13.8. The van der Waals surface area contributed by atoms with Gasteiger partial charge < -0.3 is 5.32 Å². The molecule has 1 amide bonds. The van der Waals surface area contributed by atoms with Crippen LogP contribution in [-0.2, 0) is 24.7 Å². The third kappa shape index (κ3) is 3.87. The standard InChI is InChI=1S/C14H21N5OS/c1-5-6-13-16-17-14(21-13)15-12(20)8-7-11-9(2)18-19(4)10(11)3/h5-8H2,1-4H3,(H,15,17,20). The van der Waals surface area contributed by atoms with E-state index >= 15 is 0 Å². The summed E-state index contributed by atoms with van der Waals surface area (Å²) in [7, 11) is 1.92. The molecule has 2 rings (SSSR count). The Morgan fingerprint density at radius 2 is 2.05 bits per heavy atom. The Morgan fingerprint density at radius 1 is 1.29 bits per heavy atom. The lowest BCUT2D eigenvalue weighted by Gasteiger charge is -2.02. The molecule has 0 saturated heterocycles. The summed E-state index contributed by atoms with van der Waals surface area (Å²) < 4.78 is 1.85. The molecule has 114 valence electrons. The van der Waals surface area contributed by atoms with Crippen LogP contribution in [0.1, 0.15) is 41.7 Å². The van der Waals surface area contributed by atoms with Gasteiger partial charge in [0.25, 0.3) is 0 Å². The van der Waals surface area contributed by atoms with Gasteiger partial charge in [0, 0.05) is 25.6 Å². The maximum Gasteiger partial charge on any atom is 0.226 e. The van der Waals surface area contributed by atoms with Crippen LogP contribution < -0.4 is 5.32 Å². The van der Waals surface area contributed by atoms with Gasteiger partial charge in [0.05, 0.1) is 5.69 Å². The van der Waals surface area contributed by atoms with E-state index in [1.807, 2.05) is 25.6 Å². The van der Waals surface area contributed by atoms with Gasteiger partial charge in [-0.2, -0.15) is 5.10 Å². The summed E-state index contributed by atoms with van der Waals surface area (Å²) in [5.74, 6) is -0.0307. The van der Waals surface area contributed by atoms with Crippen LogP contribution in [0.4, 0.5) is 5.13 Å². The highest BCUT2D eigenvalue weighted by Gasteiger charge is 2.12. The van der Waals surface area contributed by atoms with Crippen molar-refractivity contribution in [3.05, 3.63) is 22.0 Å². The van der Waals surface area contributed by atoms with E-state index in [1.54, 1.807) is 0 Å². The number of carbonyl (C=O) groups is 1. The second-order valence-electron chi connectivity index (χ2n) is 5.07. The fourth-order valence-corrected chi connectivity index (χ4v) is 3.08. The molecule has 0 unspecified atom stereocenters. The van der Waals surface area contributed by atoms with Crippen LogP contribution in [0, 0.1) is 13.8 Å². The van der Waals surface area contributed by atoms with E-state index < -0.39 is 0 Å². The van der Waals surface area contributed by atoms with E-state index in [0.29, 0.717) is 18.0 Å². The van der Waals surface area contributed by atoms with E-state index in [4.69, 9.17) is 0 Å². The van der Waals surface area contributed by atoms with Gasteiger partial charge in [-0.25, -0.2) is 0 Å².